The Kier molecular flexibility index (Phi) is 6.54. The molecule has 0 aliphatic heterocycles. The fourth-order valence-corrected chi connectivity index (χ4v) is 1.80. The summed E-state index contributed by atoms with van der Waals surface area (Å²) < 4.78 is 18.6. The number of esters is 1. The highest BCUT2D eigenvalue weighted by Gasteiger charge is 2.07. The highest BCUT2D eigenvalue weighted by atomic mass is 19.1. The topological polar surface area (TPSA) is 26.3 Å². The number of rotatable bonds is 3. The third-order valence-corrected chi connectivity index (χ3v) is 2.96. The Morgan fingerprint density at radius 2 is 1.57 bits per heavy atom. The first-order chi connectivity index (χ1) is 11.3. The zero-order valence-corrected chi connectivity index (χ0v) is 12.6. The van der Waals surface area contributed by atoms with Crippen molar-refractivity contribution < 1.29 is 13.9 Å². The molecule has 0 saturated heterocycles. The molecule has 1 aliphatic rings. The molecule has 0 saturated carbocycles. The van der Waals surface area contributed by atoms with Gasteiger partial charge in [-0.15, -0.1) is 0 Å². The van der Waals surface area contributed by atoms with Crippen molar-refractivity contribution in [2.45, 2.75) is 6.61 Å². The van der Waals surface area contributed by atoms with Crippen LogP contribution in [-0.2, 0) is 16.1 Å². The van der Waals surface area contributed by atoms with Crippen LogP contribution in [0.25, 0.3) is 0 Å². The molecule has 23 heavy (non-hydrogen) atoms. The van der Waals surface area contributed by atoms with E-state index < -0.39 is 5.97 Å². The second-order valence-electron chi connectivity index (χ2n) is 4.72. The second kappa shape index (κ2) is 9.15. The SMILES string of the molecule is O=C(OCc1ccccc1)C1=C\C=C/C=C\C=C(F)\C=C/C=C1. The molecule has 0 atom stereocenters. The number of carbonyl (C=O) groups excluding carboxylic acids is 1. The predicted molar refractivity (Wildman–Crippen MR) is 90.1 cm³/mol. The lowest BCUT2D eigenvalue weighted by Crippen LogP contribution is -2.06. The molecule has 2 nitrogen and oxygen atoms in total. The summed E-state index contributed by atoms with van der Waals surface area (Å²) in [7, 11) is 0. The third kappa shape index (κ3) is 6.14. The normalized spacial score (nSPS) is 20.9. The van der Waals surface area contributed by atoms with Crippen LogP contribution >= 0.6 is 0 Å². The molecule has 3 heteroatoms. The molecule has 0 radical (unpaired) electrons. The van der Waals surface area contributed by atoms with E-state index >= 15 is 0 Å². The van der Waals surface area contributed by atoms with Crippen LogP contribution in [0, 0.1) is 0 Å². The van der Waals surface area contributed by atoms with Gasteiger partial charge < -0.3 is 4.74 Å². The van der Waals surface area contributed by atoms with Gasteiger partial charge in [-0.05, 0) is 29.9 Å². The fourth-order valence-electron chi connectivity index (χ4n) is 1.80. The van der Waals surface area contributed by atoms with Gasteiger partial charge in [0.15, 0.2) is 0 Å². The van der Waals surface area contributed by atoms with Gasteiger partial charge >= 0.3 is 5.97 Å². The van der Waals surface area contributed by atoms with Gasteiger partial charge in [-0.2, -0.15) is 0 Å². The van der Waals surface area contributed by atoms with Gasteiger partial charge in [0.25, 0.3) is 0 Å². The molecular weight excluding hydrogens is 291 g/mol. The Morgan fingerprint density at radius 1 is 0.870 bits per heavy atom. The molecule has 116 valence electrons. The maximum atomic E-state index is 13.3. The molecule has 1 aliphatic carbocycles. The van der Waals surface area contributed by atoms with E-state index in [1.807, 2.05) is 30.3 Å². The molecule has 0 spiro atoms. The van der Waals surface area contributed by atoms with Crippen molar-refractivity contribution >= 4 is 5.97 Å². The minimum Gasteiger partial charge on any atom is -0.457 e. The molecule has 0 aromatic heterocycles. The third-order valence-electron chi connectivity index (χ3n) is 2.96. The zero-order chi connectivity index (χ0) is 16.3. The number of benzene rings is 1. The highest BCUT2D eigenvalue weighted by Crippen LogP contribution is 2.08. The summed E-state index contributed by atoms with van der Waals surface area (Å²) in [5.41, 5.74) is 1.31. The first-order valence-electron chi connectivity index (χ1n) is 7.22. The smallest absolute Gasteiger partial charge is 0.338 e. The van der Waals surface area contributed by atoms with E-state index in [9.17, 15) is 9.18 Å². The van der Waals surface area contributed by atoms with Crippen LogP contribution in [0.15, 0.2) is 102 Å². The number of halogens is 1. The molecule has 0 fully saturated rings. The first kappa shape index (κ1) is 16.4. The van der Waals surface area contributed by atoms with E-state index in [0.29, 0.717) is 5.57 Å². The van der Waals surface area contributed by atoms with E-state index in [1.165, 1.54) is 18.2 Å². The van der Waals surface area contributed by atoms with Crippen molar-refractivity contribution in [1.29, 1.82) is 0 Å². The van der Waals surface area contributed by atoms with Crippen molar-refractivity contribution in [1.82, 2.24) is 0 Å². The largest absolute Gasteiger partial charge is 0.457 e. The second-order valence-corrected chi connectivity index (χ2v) is 4.72. The van der Waals surface area contributed by atoms with Crippen molar-refractivity contribution in [2.75, 3.05) is 0 Å². The summed E-state index contributed by atoms with van der Waals surface area (Å²) in [5, 5.41) is 0. The molecule has 0 amide bonds. The molecule has 0 heterocycles. The highest BCUT2D eigenvalue weighted by molar-refractivity contribution is 5.92. The van der Waals surface area contributed by atoms with Crippen LogP contribution in [0.5, 0.6) is 0 Å². The summed E-state index contributed by atoms with van der Waals surface area (Å²) in [6, 6.07) is 9.46. The Morgan fingerprint density at radius 3 is 2.35 bits per heavy atom. The molecule has 2 rings (SSSR count). The monoisotopic (exact) mass is 308 g/mol. The van der Waals surface area contributed by atoms with Crippen LogP contribution in [0.2, 0.25) is 0 Å². The standard InChI is InChI=1S/C20H17FO2/c21-19-14-7-2-1-6-12-18(13-8-9-15-19)20(22)23-16-17-10-4-3-5-11-17/h1-15H,16H2/b2-1?,6-1-,7-2-,9-8?,12-6?,13-8?,14-7?,15-9-,18-12?,18-13?,19-14-,19-15?. The zero-order valence-electron chi connectivity index (χ0n) is 12.6. The van der Waals surface area contributed by atoms with Crippen molar-refractivity contribution in [3.8, 4) is 0 Å². The van der Waals surface area contributed by atoms with Gasteiger partial charge in [-0.1, -0.05) is 66.8 Å². The van der Waals surface area contributed by atoms with E-state index in [4.69, 9.17) is 4.74 Å². The molecular formula is C20H17FO2. The quantitative estimate of drug-likeness (QED) is 0.753. The molecule has 1 aromatic carbocycles. The first-order valence-corrected chi connectivity index (χ1v) is 7.22. The van der Waals surface area contributed by atoms with Gasteiger partial charge in [-0.25, -0.2) is 9.18 Å². The average Bonchev–Trinajstić information content (AvgIpc) is 2.57. The summed E-state index contributed by atoms with van der Waals surface area (Å²) in [5.74, 6) is -0.794. The van der Waals surface area contributed by atoms with Gasteiger partial charge in [0.1, 0.15) is 12.4 Å². The lowest BCUT2D eigenvalue weighted by molar-refractivity contribution is -0.139. The lowest BCUT2D eigenvalue weighted by Gasteiger charge is -2.05. The van der Waals surface area contributed by atoms with Crippen molar-refractivity contribution in [3.63, 3.8) is 0 Å². The van der Waals surface area contributed by atoms with Crippen molar-refractivity contribution in [2.24, 2.45) is 0 Å². The van der Waals surface area contributed by atoms with E-state index in [1.54, 1.807) is 42.5 Å². The predicted octanol–water partition coefficient (Wildman–Crippen LogP) is 4.75. The summed E-state index contributed by atoms with van der Waals surface area (Å²) in [6.45, 7) is 0.210. The molecule has 0 bridgehead atoms. The number of ether oxygens (including phenoxy) is 1. The number of hydrogen-bond donors (Lipinski definition) is 0. The van der Waals surface area contributed by atoms with Crippen LogP contribution in [0.3, 0.4) is 0 Å². The number of carbonyl (C=O) groups is 1. The minimum absolute atomic E-state index is 0.210. The van der Waals surface area contributed by atoms with Gasteiger partial charge in [-0.3, -0.25) is 0 Å². The maximum Gasteiger partial charge on any atom is 0.338 e. The lowest BCUT2D eigenvalue weighted by atomic mass is 10.2. The van der Waals surface area contributed by atoms with Crippen LogP contribution in [0.1, 0.15) is 5.56 Å². The van der Waals surface area contributed by atoms with E-state index in [-0.39, 0.29) is 12.4 Å². The summed E-state index contributed by atoms with van der Waals surface area (Å²) >= 11 is 0. The van der Waals surface area contributed by atoms with Crippen LogP contribution < -0.4 is 0 Å². The molecule has 0 N–H and O–H groups in total. The Bertz CT molecular complexity index is 704. The minimum atomic E-state index is -0.430. The number of allylic oxidation sites excluding steroid dienone is 10. The van der Waals surface area contributed by atoms with Gasteiger partial charge in [0.2, 0.25) is 0 Å². The maximum absolute atomic E-state index is 13.3. The molecule has 0 unspecified atom stereocenters. The Balaban J connectivity index is 2.07. The Hall–Kier alpha value is -2.94. The van der Waals surface area contributed by atoms with E-state index in [2.05, 4.69) is 0 Å². The van der Waals surface area contributed by atoms with Crippen molar-refractivity contribution in [3.05, 3.63) is 108 Å². The fraction of sp³-hybridized carbons (Fsp3) is 0.0500. The van der Waals surface area contributed by atoms with Crippen LogP contribution in [-0.4, -0.2) is 5.97 Å². The van der Waals surface area contributed by atoms with Gasteiger partial charge in [0, 0.05) is 0 Å². The number of hydrogen-bond acceptors (Lipinski definition) is 2. The van der Waals surface area contributed by atoms with Crippen LogP contribution in [0.4, 0.5) is 4.39 Å². The average molecular weight is 308 g/mol. The Labute approximate surface area is 135 Å². The molecule has 1 aromatic rings. The summed E-state index contributed by atoms with van der Waals surface area (Å²) in [4.78, 5) is 12.1. The van der Waals surface area contributed by atoms with E-state index in [0.717, 1.165) is 5.56 Å². The summed E-state index contributed by atoms with van der Waals surface area (Å²) in [6.07, 6.45) is 15.7. The van der Waals surface area contributed by atoms with Gasteiger partial charge in [0.05, 0.1) is 5.57 Å².